The topological polar surface area (TPSA) is 126 Å². The lowest BCUT2D eigenvalue weighted by Gasteiger charge is -2.45. The number of carbonyl (C=O) groups excluding carboxylic acids is 2. The van der Waals surface area contributed by atoms with Gasteiger partial charge in [-0.1, -0.05) is 17.3 Å². The minimum Gasteiger partial charge on any atom is -0.493 e. The van der Waals surface area contributed by atoms with Crippen LogP contribution in [-0.4, -0.2) is 138 Å². The minimum absolute atomic E-state index is 0.0214. The first-order valence-corrected chi connectivity index (χ1v) is 16.7. The maximum Gasteiger partial charge on any atom is 0.258 e. The predicted molar refractivity (Wildman–Crippen MR) is 165 cm³/mol. The van der Waals surface area contributed by atoms with Gasteiger partial charge in [-0.05, 0) is 50.9 Å². The molecule has 2 aromatic rings. The number of piperazine rings is 1. The number of rotatable bonds is 4. The fourth-order valence-electron chi connectivity index (χ4n) is 7.50. The molecule has 4 saturated heterocycles. The van der Waals surface area contributed by atoms with Crippen molar-refractivity contribution in [3.05, 3.63) is 41.7 Å². The first-order chi connectivity index (χ1) is 22.1. The average Bonchev–Trinajstić information content (AvgIpc) is 3.55. The number of morpholine rings is 1. The van der Waals surface area contributed by atoms with Crippen molar-refractivity contribution in [2.45, 2.75) is 69.0 Å². The number of piperidine rings is 1. The molecule has 1 aromatic heterocycles. The average molecular weight is 623 g/mol. The summed E-state index contributed by atoms with van der Waals surface area (Å²) in [5.41, 5.74) is 1.43. The molecule has 0 saturated carbocycles. The lowest BCUT2D eigenvalue weighted by Crippen LogP contribution is -2.63. The Kier molecular flexibility index (Phi) is 9.59. The van der Waals surface area contributed by atoms with Crippen LogP contribution < -0.4 is 15.4 Å². The van der Waals surface area contributed by atoms with Crippen molar-refractivity contribution in [2.24, 2.45) is 0 Å². The molecule has 13 nitrogen and oxygen atoms in total. The Bertz CT molecular complexity index is 1310. The molecule has 244 valence electrons. The van der Waals surface area contributed by atoms with Gasteiger partial charge in [0.2, 0.25) is 5.91 Å². The summed E-state index contributed by atoms with van der Waals surface area (Å²) in [6.07, 6.45) is 6.21. The van der Waals surface area contributed by atoms with Gasteiger partial charge < -0.3 is 29.7 Å². The molecule has 4 atom stereocenters. The zero-order chi connectivity index (χ0) is 30.6. The van der Waals surface area contributed by atoms with E-state index < -0.39 is 6.04 Å². The number of hydrogen-bond acceptors (Lipinski definition) is 10. The van der Waals surface area contributed by atoms with Crippen molar-refractivity contribution in [3.8, 4) is 5.75 Å². The molecule has 45 heavy (non-hydrogen) atoms. The van der Waals surface area contributed by atoms with E-state index in [1.807, 2.05) is 29.1 Å². The lowest BCUT2D eigenvalue weighted by molar-refractivity contribution is -0.131. The van der Waals surface area contributed by atoms with E-state index in [2.05, 4.69) is 30.7 Å². The number of carbonyl (C=O) groups is 2. The normalized spacial score (nSPS) is 29.6. The quantitative estimate of drug-likeness (QED) is 0.503. The third-order valence-corrected chi connectivity index (χ3v) is 10.1. The molecule has 4 fully saturated rings. The van der Waals surface area contributed by atoms with Crippen LogP contribution in [0.15, 0.2) is 30.5 Å². The Hall–Kier alpha value is -3.10. The maximum absolute atomic E-state index is 14.1. The van der Waals surface area contributed by atoms with Gasteiger partial charge in [-0.25, -0.2) is 4.68 Å². The molecule has 2 bridgehead atoms. The number of para-hydroxylation sites is 1. The Morgan fingerprint density at radius 1 is 0.933 bits per heavy atom. The van der Waals surface area contributed by atoms with Crippen LogP contribution in [0.4, 0.5) is 0 Å². The largest absolute Gasteiger partial charge is 0.493 e. The first-order valence-electron chi connectivity index (χ1n) is 16.7. The van der Waals surface area contributed by atoms with Crippen LogP contribution in [0.2, 0.25) is 0 Å². The second-order valence-corrected chi connectivity index (χ2v) is 12.9. The summed E-state index contributed by atoms with van der Waals surface area (Å²) in [6, 6.07) is 7.14. The lowest BCUT2D eigenvalue weighted by atomic mass is 9.96. The van der Waals surface area contributed by atoms with E-state index in [4.69, 9.17) is 14.2 Å². The van der Waals surface area contributed by atoms with Gasteiger partial charge in [-0.2, -0.15) is 0 Å². The number of benzene rings is 1. The molecule has 5 aliphatic rings. The molecule has 0 unspecified atom stereocenters. The van der Waals surface area contributed by atoms with Gasteiger partial charge >= 0.3 is 0 Å². The van der Waals surface area contributed by atoms with Crippen LogP contribution in [0.25, 0.3) is 0 Å². The van der Waals surface area contributed by atoms with Gasteiger partial charge in [-0.3, -0.25) is 19.4 Å². The van der Waals surface area contributed by atoms with Crippen LogP contribution in [0.3, 0.4) is 0 Å². The Morgan fingerprint density at radius 3 is 2.64 bits per heavy atom. The Balaban J connectivity index is 1.12. The van der Waals surface area contributed by atoms with Gasteiger partial charge in [0.25, 0.3) is 5.91 Å². The molecule has 7 rings (SSSR count). The van der Waals surface area contributed by atoms with Gasteiger partial charge in [-0.15, -0.1) is 5.10 Å². The number of aromatic nitrogens is 3. The minimum atomic E-state index is -0.610. The summed E-state index contributed by atoms with van der Waals surface area (Å²) < 4.78 is 20.3. The summed E-state index contributed by atoms with van der Waals surface area (Å²) in [4.78, 5) is 34.6. The highest BCUT2D eigenvalue weighted by Crippen LogP contribution is 2.31. The summed E-state index contributed by atoms with van der Waals surface area (Å²) in [5.74, 6) is 0.256. The zero-order valence-electron chi connectivity index (χ0n) is 26.0. The third kappa shape index (κ3) is 7.02. The molecule has 0 spiro atoms. The van der Waals surface area contributed by atoms with E-state index in [1.165, 1.54) is 0 Å². The van der Waals surface area contributed by atoms with Crippen LogP contribution >= 0.6 is 0 Å². The number of amides is 2. The zero-order valence-corrected chi connectivity index (χ0v) is 26.0. The van der Waals surface area contributed by atoms with Gasteiger partial charge in [0.1, 0.15) is 11.8 Å². The first kappa shape index (κ1) is 30.5. The number of ether oxygens (including phenoxy) is 3. The van der Waals surface area contributed by atoms with Gasteiger partial charge in [0.15, 0.2) is 0 Å². The molecule has 6 heterocycles. The van der Waals surface area contributed by atoms with E-state index >= 15 is 0 Å². The third-order valence-electron chi connectivity index (χ3n) is 10.1. The molecular formula is C32H46N8O5. The van der Waals surface area contributed by atoms with Crippen LogP contribution in [0.5, 0.6) is 5.75 Å². The van der Waals surface area contributed by atoms with Gasteiger partial charge in [0, 0.05) is 58.3 Å². The molecule has 1 aromatic carbocycles. The number of nitrogens with one attached hydrogen (secondary N) is 2. The van der Waals surface area contributed by atoms with Crippen LogP contribution in [0, 0.1) is 0 Å². The van der Waals surface area contributed by atoms with Crippen LogP contribution in [0.1, 0.15) is 54.2 Å². The van der Waals surface area contributed by atoms with Gasteiger partial charge in [0.05, 0.1) is 55.5 Å². The summed E-state index contributed by atoms with van der Waals surface area (Å²) >= 11 is 0. The SMILES string of the molecule is O=C1NC[C@H]2O[C@H](CCOc3ccccc3C(=O)N3CCN(C4CCNCC4)C[C@@H]13)CC[C@H]2n1cc(CN2CCOCC2)nn1. The monoisotopic (exact) mass is 622 g/mol. The second kappa shape index (κ2) is 14.1. The van der Waals surface area contributed by atoms with E-state index in [0.717, 1.165) is 83.9 Å². The van der Waals surface area contributed by atoms with Crippen molar-refractivity contribution in [1.29, 1.82) is 0 Å². The van der Waals surface area contributed by atoms with E-state index in [0.29, 0.717) is 50.0 Å². The Morgan fingerprint density at radius 2 is 1.78 bits per heavy atom. The smallest absolute Gasteiger partial charge is 0.258 e. The van der Waals surface area contributed by atoms with Crippen molar-refractivity contribution >= 4 is 11.8 Å². The molecule has 2 N–H and O–H groups in total. The highest BCUT2D eigenvalue weighted by atomic mass is 16.5. The summed E-state index contributed by atoms with van der Waals surface area (Å²) in [7, 11) is 0. The van der Waals surface area contributed by atoms with Crippen molar-refractivity contribution < 1.29 is 23.8 Å². The van der Waals surface area contributed by atoms with E-state index in [-0.39, 0.29) is 30.1 Å². The van der Waals surface area contributed by atoms with Crippen LogP contribution in [-0.2, 0) is 20.8 Å². The Labute approximate surface area is 264 Å². The van der Waals surface area contributed by atoms with Crippen molar-refractivity contribution in [1.82, 2.24) is 40.3 Å². The van der Waals surface area contributed by atoms with Crippen molar-refractivity contribution in [2.75, 3.05) is 72.2 Å². The number of hydrogen-bond donors (Lipinski definition) is 2. The fourth-order valence-corrected chi connectivity index (χ4v) is 7.50. The molecule has 13 heteroatoms. The molecule has 2 amide bonds. The second-order valence-electron chi connectivity index (χ2n) is 12.9. The fraction of sp³-hybridized carbons (Fsp3) is 0.688. The highest BCUT2D eigenvalue weighted by molar-refractivity contribution is 6.00. The summed E-state index contributed by atoms with van der Waals surface area (Å²) in [5, 5.41) is 15.7. The summed E-state index contributed by atoms with van der Waals surface area (Å²) in [6.45, 7) is 8.47. The molecule has 0 radical (unpaired) electrons. The molecule has 0 aliphatic carbocycles. The maximum atomic E-state index is 14.1. The standard InChI is InChI=1S/C32H46N8O5/c41-31-28-22-38(24-7-10-33-11-8-24)12-13-39(28)32(42)26-3-1-2-4-29(26)44-16-9-25-5-6-27(30(45-25)19-34-31)40-21-23(35-36-40)20-37-14-17-43-18-15-37/h1-4,21,24-25,27-28,30,33H,5-20,22H2,(H,34,41)/t25-,27+,28-,30+/m0/s1. The molecular weight excluding hydrogens is 576 g/mol. The van der Waals surface area contributed by atoms with Crippen molar-refractivity contribution in [3.63, 3.8) is 0 Å². The van der Waals surface area contributed by atoms with E-state index in [9.17, 15) is 9.59 Å². The molecule has 5 aliphatic heterocycles. The number of nitrogens with zero attached hydrogens (tertiary/aromatic N) is 6. The van der Waals surface area contributed by atoms with E-state index in [1.54, 1.807) is 11.0 Å². The number of fused-ring (bicyclic) bond motifs is 4. The predicted octanol–water partition coefficient (Wildman–Crippen LogP) is 0.676. The highest BCUT2D eigenvalue weighted by Gasteiger charge is 2.40.